The van der Waals surface area contributed by atoms with Gasteiger partial charge < -0.3 is 20.7 Å². The molecule has 0 fully saturated rings. The Hall–Kier alpha value is -2.64. The molecule has 2 aromatic rings. The number of nitrogens with one attached hydrogen (secondary N) is 1. The van der Waals surface area contributed by atoms with Gasteiger partial charge in [0.1, 0.15) is 11.5 Å². The summed E-state index contributed by atoms with van der Waals surface area (Å²) < 4.78 is 5.61. The lowest BCUT2D eigenvalue weighted by Crippen LogP contribution is -2.36. The molecule has 3 rings (SSSR count). The number of rotatable bonds is 8. The molecule has 1 heterocycles. The minimum atomic E-state index is -1.10. The molecule has 0 aliphatic carbocycles. The minimum Gasteiger partial charge on any atom is -0.535 e. The van der Waals surface area contributed by atoms with Gasteiger partial charge >= 0.3 is 7.12 Å². The Labute approximate surface area is 165 Å². The van der Waals surface area contributed by atoms with Gasteiger partial charge in [0.05, 0.1) is 5.56 Å². The summed E-state index contributed by atoms with van der Waals surface area (Å²) in [6.45, 7) is 2.73. The fourth-order valence-corrected chi connectivity index (χ4v) is 3.48. The molecule has 0 radical (unpaired) electrons. The smallest absolute Gasteiger partial charge is 0.526 e. The lowest BCUT2D eigenvalue weighted by atomic mass is 9.64. The van der Waals surface area contributed by atoms with Gasteiger partial charge in [-0.2, -0.15) is 0 Å². The van der Waals surface area contributed by atoms with E-state index in [2.05, 4.69) is 5.32 Å². The highest BCUT2D eigenvalue weighted by atomic mass is 16.5. The molecule has 2 aromatic carbocycles. The number of carbonyl (C=O) groups excluding carboxylic acids is 2. The van der Waals surface area contributed by atoms with Crippen molar-refractivity contribution in [2.75, 3.05) is 18.4 Å². The van der Waals surface area contributed by atoms with Crippen molar-refractivity contribution in [1.29, 1.82) is 0 Å². The van der Waals surface area contributed by atoms with Crippen LogP contribution in [0.15, 0.2) is 42.5 Å². The molecule has 0 unspecified atom stereocenters. The molecule has 0 saturated heterocycles. The van der Waals surface area contributed by atoms with E-state index < -0.39 is 7.12 Å². The third kappa shape index (κ3) is 4.80. The number of anilines is 1. The first-order valence-corrected chi connectivity index (χ1v) is 9.50. The van der Waals surface area contributed by atoms with E-state index in [4.69, 9.17) is 10.4 Å². The van der Waals surface area contributed by atoms with E-state index in [1.807, 2.05) is 30.3 Å². The van der Waals surface area contributed by atoms with Crippen molar-refractivity contribution < 1.29 is 19.3 Å². The highest BCUT2D eigenvalue weighted by molar-refractivity contribution is 6.47. The maximum atomic E-state index is 12.5. The summed E-state index contributed by atoms with van der Waals surface area (Å²) in [5.74, 6) is 0.0453. The van der Waals surface area contributed by atoms with Gasteiger partial charge in [0.25, 0.3) is 0 Å². The molecule has 7 heteroatoms. The van der Waals surface area contributed by atoms with E-state index in [0.717, 1.165) is 16.8 Å². The molecule has 0 aromatic heterocycles. The Morgan fingerprint density at radius 1 is 1.25 bits per heavy atom. The van der Waals surface area contributed by atoms with Crippen molar-refractivity contribution in [3.63, 3.8) is 0 Å². The van der Waals surface area contributed by atoms with Crippen LogP contribution >= 0.6 is 0 Å². The summed E-state index contributed by atoms with van der Waals surface area (Å²) in [7, 11) is -1.10. The maximum absolute atomic E-state index is 12.5. The number of para-hydroxylation sites is 1. The molecular formula is C21H25BN2O4. The second-order valence-corrected chi connectivity index (χ2v) is 7.15. The van der Waals surface area contributed by atoms with Crippen molar-refractivity contribution in [2.24, 2.45) is 5.73 Å². The molecule has 0 amide bonds. The van der Waals surface area contributed by atoms with Crippen LogP contribution < -0.4 is 15.7 Å². The number of hydrogen-bond acceptors (Lipinski definition) is 6. The van der Waals surface area contributed by atoms with Crippen molar-refractivity contribution >= 4 is 24.4 Å². The summed E-state index contributed by atoms with van der Waals surface area (Å²) in [5, 5.41) is 13.5. The van der Waals surface area contributed by atoms with Gasteiger partial charge in [0, 0.05) is 37.4 Å². The molecule has 146 valence electrons. The van der Waals surface area contributed by atoms with Gasteiger partial charge in [-0.15, -0.1) is 0 Å². The summed E-state index contributed by atoms with van der Waals surface area (Å²) in [5.41, 5.74) is 8.68. The Bertz CT molecular complexity index is 854. The van der Waals surface area contributed by atoms with Gasteiger partial charge in [-0.1, -0.05) is 24.3 Å². The Morgan fingerprint density at radius 3 is 2.68 bits per heavy atom. The number of carbonyl (C=O) groups is 2. The maximum Gasteiger partial charge on any atom is 0.526 e. The van der Waals surface area contributed by atoms with E-state index in [1.54, 1.807) is 12.1 Å². The fourth-order valence-electron chi connectivity index (χ4n) is 3.48. The standard InChI is InChI=1S/C21H25BN2O4/c1-14(25)20-4-2-3-16-12-17(22(27)28-21(16)20)13-19(26)11-15-5-7-18(8-6-15)24-10-9-23/h2-8,17,24,27H,9-13,23H2,1H3/t17-/m1/s1. The number of fused-ring (bicyclic) bond motifs is 1. The number of nitrogens with two attached hydrogens (primary N) is 1. The first-order chi connectivity index (χ1) is 13.5. The molecule has 1 aliphatic rings. The molecule has 1 atom stereocenters. The van der Waals surface area contributed by atoms with Crippen LogP contribution in [0.3, 0.4) is 0 Å². The van der Waals surface area contributed by atoms with E-state index in [0.29, 0.717) is 37.2 Å². The second kappa shape index (κ2) is 9.04. The molecular weight excluding hydrogens is 355 g/mol. The quantitative estimate of drug-likeness (QED) is 0.480. The molecule has 0 spiro atoms. The number of Topliss-reactive ketones (excluding diaryl/α,β-unsaturated/α-hetero) is 2. The average molecular weight is 380 g/mol. The lowest BCUT2D eigenvalue weighted by molar-refractivity contribution is -0.118. The number of hydrogen-bond donors (Lipinski definition) is 3. The van der Waals surface area contributed by atoms with Crippen LogP contribution in [0.1, 0.15) is 34.8 Å². The Balaban J connectivity index is 1.61. The second-order valence-electron chi connectivity index (χ2n) is 7.15. The Morgan fingerprint density at radius 2 is 2.00 bits per heavy atom. The van der Waals surface area contributed by atoms with Gasteiger partial charge in [-0.05, 0) is 42.7 Å². The fraction of sp³-hybridized carbons (Fsp3) is 0.333. The average Bonchev–Trinajstić information content (AvgIpc) is 2.67. The molecule has 1 aliphatic heterocycles. The highest BCUT2D eigenvalue weighted by Crippen LogP contribution is 2.36. The van der Waals surface area contributed by atoms with Crippen LogP contribution in [-0.2, 0) is 17.6 Å². The zero-order valence-electron chi connectivity index (χ0n) is 16.0. The zero-order chi connectivity index (χ0) is 20.1. The lowest BCUT2D eigenvalue weighted by Gasteiger charge is -2.28. The number of benzene rings is 2. The summed E-state index contributed by atoms with van der Waals surface area (Å²) in [4.78, 5) is 24.3. The third-order valence-electron chi connectivity index (χ3n) is 4.92. The molecule has 28 heavy (non-hydrogen) atoms. The normalized spacial score (nSPS) is 15.5. The highest BCUT2D eigenvalue weighted by Gasteiger charge is 2.37. The largest absolute Gasteiger partial charge is 0.535 e. The molecule has 4 N–H and O–H groups in total. The first-order valence-electron chi connectivity index (χ1n) is 9.50. The summed E-state index contributed by atoms with van der Waals surface area (Å²) in [6, 6.07) is 13.0. The van der Waals surface area contributed by atoms with Crippen LogP contribution in [0.4, 0.5) is 5.69 Å². The summed E-state index contributed by atoms with van der Waals surface area (Å²) >= 11 is 0. The summed E-state index contributed by atoms with van der Waals surface area (Å²) in [6.07, 6.45) is 1.03. The van der Waals surface area contributed by atoms with Gasteiger partial charge in [-0.25, -0.2) is 0 Å². The van der Waals surface area contributed by atoms with E-state index in [9.17, 15) is 14.6 Å². The Kier molecular flexibility index (Phi) is 6.49. The molecule has 0 bridgehead atoms. The van der Waals surface area contributed by atoms with Crippen LogP contribution in [0, 0.1) is 0 Å². The molecule has 0 saturated carbocycles. The first kappa shape index (κ1) is 20.1. The van der Waals surface area contributed by atoms with Crippen molar-refractivity contribution in [2.45, 2.75) is 32.0 Å². The van der Waals surface area contributed by atoms with Crippen LogP contribution in [0.2, 0.25) is 5.82 Å². The zero-order valence-corrected chi connectivity index (χ0v) is 16.0. The number of ketones is 2. The van der Waals surface area contributed by atoms with Crippen molar-refractivity contribution in [1.82, 2.24) is 0 Å². The van der Waals surface area contributed by atoms with Gasteiger partial charge in [0.2, 0.25) is 0 Å². The van der Waals surface area contributed by atoms with Crippen LogP contribution in [0.5, 0.6) is 5.75 Å². The van der Waals surface area contributed by atoms with Crippen LogP contribution in [-0.4, -0.2) is 36.8 Å². The predicted molar refractivity (Wildman–Crippen MR) is 110 cm³/mol. The molecule has 6 nitrogen and oxygen atoms in total. The predicted octanol–water partition coefficient (Wildman–Crippen LogP) is 2.25. The van der Waals surface area contributed by atoms with Crippen molar-refractivity contribution in [3.8, 4) is 5.75 Å². The van der Waals surface area contributed by atoms with E-state index in [-0.39, 0.29) is 23.8 Å². The van der Waals surface area contributed by atoms with Crippen LogP contribution in [0.25, 0.3) is 0 Å². The van der Waals surface area contributed by atoms with E-state index >= 15 is 0 Å². The van der Waals surface area contributed by atoms with E-state index in [1.165, 1.54) is 6.92 Å². The van der Waals surface area contributed by atoms with Gasteiger partial charge in [-0.3, -0.25) is 9.59 Å². The minimum absolute atomic E-state index is 0.0430. The SMILES string of the molecule is CC(=O)c1cccc2c1OB(O)[C@@H](CC(=O)Cc1ccc(NCCN)cc1)C2. The topological polar surface area (TPSA) is 102 Å². The van der Waals surface area contributed by atoms with Crippen molar-refractivity contribution in [3.05, 3.63) is 59.2 Å². The van der Waals surface area contributed by atoms with Gasteiger partial charge in [0.15, 0.2) is 5.78 Å². The third-order valence-corrected chi connectivity index (χ3v) is 4.92. The monoisotopic (exact) mass is 380 g/mol.